The average Bonchev–Trinajstić information content (AvgIpc) is 3.22. The molecule has 0 saturated carbocycles. The Balaban J connectivity index is 1.82. The second-order valence-corrected chi connectivity index (χ2v) is 5.82. The summed E-state index contributed by atoms with van der Waals surface area (Å²) in [6, 6.07) is 17.0. The van der Waals surface area contributed by atoms with Crippen molar-refractivity contribution in [2.24, 2.45) is 10.9 Å². The van der Waals surface area contributed by atoms with Crippen LogP contribution in [0.5, 0.6) is 0 Å². The summed E-state index contributed by atoms with van der Waals surface area (Å²) in [4.78, 5) is 14.6. The van der Waals surface area contributed by atoms with Crippen LogP contribution in [0.1, 0.15) is 27.0 Å². The smallest absolute Gasteiger partial charge is 0.257 e. The Bertz CT molecular complexity index is 874. The molecule has 1 amide bonds. The van der Waals surface area contributed by atoms with E-state index >= 15 is 0 Å². The predicted octanol–water partition coefficient (Wildman–Crippen LogP) is 2.35. The molecule has 132 valence electrons. The third-order valence-corrected chi connectivity index (χ3v) is 3.98. The summed E-state index contributed by atoms with van der Waals surface area (Å²) in [6.45, 7) is 0.905. The van der Waals surface area contributed by atoms with Crippen molar-refractivity contribution in [1.82, 2.24) is 15.1 Å². The molecular formula is C19H19N5O2. The molecular weight excluding hydrogens is 330 g/mol. The monoisotopic (exact) mass is 349 g/mol. The zero-order valence-corrected chi connectivity index (χ0v) is 14.0. The molecule has 0 unspecified atom stereocenters. The SMILES string of the molecule is NC(=NO)c1ccc(CN(Cc2ccccc2)C(=O)c2cn[nH]c2)cc1. The van der Waals surface area contributed by atoms with Crippen molar-refractivity contribution >= 4 is 11.7 Å². The Hall–Kier alpha value is -3.61. The van der Waals surface area contributed by atoms with Gasteiger partial charge >= 0.3 is 0 Å². The zero-order valence-electron chi connectivity index (χ0n) is 14.0. The van der Waals surface area contributed by atoms with Gasteiger partial charge in [0.05, 0.1) is 11.8 Å². The maximum atomic E-state index is 12.8. The van der Waals surface area contributed by atoms with Crippen LogP contribution in [0, 0.1) is 0 Å². The van der Waals surface area contributed by atoms with Gasteiger partial charge in [-0.3, -0.25) is 9.89 Å². The maximum Gasteiger partial charge on any atom is 0.257 e. The largest absolute Gasteiger partial charge is 0.409 e. The highest BCUT2D eigenvalue weighted by atomic mass is 16.4. The van der Waals surface area contributed by atoms with Gasteiger partial charge in [0, 0.05) is 24.8 Å². The standard InChI is InChI=1S/C19H19N5O2/c20-18(23-26)16-8-6-15(7-9-16)13-24(12-14-4-2-1-3-5-14)19(25)17-10-21-22-11-17/h1-11,26H,12-13H2,(H2,20,23)(H,21,22). The Labute approximate surface area is 150 Å². The van der Waals surface area contributed by atoms with E-state index in [0.29, 0.717) is 24.2 Å². The number of nitrogens with two attached hydrogens (primary N) is 1. The molecule has 7 nitrogen and oxygen atoms in total. The number of aromatic nitrogens is 2. The Morgan fingerprint density at radius 1 is 1.04 bits per heavy atom. The Morgan fingerprint density at radius 3 is 2.27 bits per heavy atom. The molecule has 2 aromatic carbocycles. The van der Waals surface area contributed by atoms with Crippen LogP contribution in [0.15, 0.2) is 72.1 Å². The predicted molar refractivity (Wildman–Crippen MR) is 97.6 cm³/mol. The van der Waals surface area contributed by atoms with E-state index in [1.54, 1.807) is 23.2 Å². The van der Waals surface area contributed by atoms with Gasteiger partial charge in [0.2, 0.25) is 0 Å². The first kappa shape index (κ1) is 17.2. The van der Waals surface area contributed by atoms with Gasteiger partial charge in [0.1, 0.15) is 0 Å². The number of amidine groups is 1. The van der Waals surface area contributed by atoms with Crippen LogP contribution in [0.2, 0.25) is 0 Å². The van der Waals surface area contributed by atoms with Crippen LogP contribution in [0.3, 0.4) is 0 Å². The number of carbonyl (C=O) groups is 1. The number of H-pyrrole nitrogens is 1. The van der Waals surface area contributed by atoms with Crippen molar-refractivity contribution in [2.75, 3.05) is 0 Å². The number of nitrogens with zero attached hydrogens (tertiary/aromatic N) is 3. The van der Waals surface area contributed by atoms with Crippen LogP contribution in [-0.2, 0) is 13.1 Å². The molecule has 26 heavy (non-hydrogen) atoms. The molecule has 3 rings (SSSR count). The molecule has 3 aromatic rings. The minimum Gasteiger partial charge on any atom is -0.409 e. The summed E-state index contributed by atoms with van der Waals surface area (Å²) in [5.74, 6) is -0.0599. The highest BCUT2D eigenvalue weighted by Crippen LogP contribution is 2.14. The van der Waals surface area contributed by atoms with E-state index in [9.17, 15) is 4.79 Å². The van der Waals surface area contributed by atoms with Crippen molar-refractivity contribution < 1.29 is 10.0 Å². The molecule has 0 saturated heterocycles. The molecule has 1 aromatic heterocycles. The highest BCUT2D eigenvalue weighted by molar-refractivity contribution is 5.97. The fraction of sp³-hybridized carbons (Fsp3) is 0.105. The molecule has 1 heterocycles. The normalized spacial score (nSPS) is 11.3. The van der Waals surface area contributed by atoms with Crippen LogP contribution in [-0.4, -0.2) is 32.0 Å². The van der Waals surface area contributed by atoms with Gasteiger partial charge in [-0.15, -0.1) is 0 Å². The van der Waals surface area contributed by atoms with Crippen molar-refractivity contribution in [3.8, 4) is 0 Å². The zero-order chi connectivity index (χ0) is 18.4. The fourth-order valence-electron chi connectivity index (χ4n) is 2.61. The summed E-state index contributed by atoms with van der Waals surface area (Å²) < 4.78 is 0. The van der Waals surface area contributed by atoms with E-state index in [-0.39, 0.29) is 11.7 Å². The van der Waals surface area contributed by atoms with Crippen molar-refractivity contribution in [1.29, 1.82) is 0 Å². The first-order chi connectivity index (χ1) is 12.7. The fourth-order valence-corrected chi connectivity index (χ4v) is 2.61. The Kier molecular flexibility index (Phi) is 5.28. The number of nitrogens with one attached hydrogen (secondary N) is 1. The number of rotatable bonds is 6. The third-order valence-electron chi connectivity index (χ3n) is 3.98. The molecule has 0 fully saturated rings. The molecule has 0 radical (unpaired) electrons. The number of amides is 1. The number of benzene rings is 2. The van der Waals surface area contributed by atoms with Crippen molar-refractivity contribution in [2.45, 2.75) is 13.1 Å². The summed E-state index contributed by atoms with van der Waals surface area (Å²) in [7, 11) is 0. The first-order valence-electron chi connectivity index (χ1n) is 8.06. The number of hydrogen-bond acceptors (Lipinski definition) is 4. The third kappa shape index (κ3) is 4.07. The molecule has 4 N–H and O–H groups in total. The number of oxime groups is 1. The lowest BCUT2D eigenvalue weighted by atomic mass is 10.1. The lowest BCUT2D eigenvalue weighted by Crippen LogP contribution is -2.30. The van der Waals surface area contributed by atoms with Gasteiger partial charge < -0.3 is 15.8 Å². The molecule has 0 aliphatic heterocycles. The minimum absolute atomic E-state index is 0.0483. The van der Waals surface area contributed by atoms with Gasteiger partial charge in [0.25, 0.3) is 5.91 Å². The molecule has 0 spiro atoms. The van der Waals surface area contributed by atoms with Crippen LogP contribution >= 0.6 is 0 Å². The quantitative estimate of drug-likeness (QED) is 0.275. The van der Waals surface area contributed by atoms with Crippen LogP contribution < -0.4 is 5.73 Å². The summed E-state index contributed by atoms with van der Waals surface area (Å²) in [6.07, 6.45) is 3.10. The lowest BCUT2D eigenvalue weighted by molar-refractivity contribution is 0.0730. The van der Waals surface area contributed by atoms with E-state index in [2.05, 4.69) is 15.4 Å². The van der Waals surface area contributed by atoms with E-state index in [4.69, 9.17) is 10.9 Å². The molecule has 0 aliphatic carbocycles. The molecule has 0 aliphatic rings. The van der Waals surface area contributed by atoms with Crippen molar-refractivity contribution in [3.63, 3.8) is 0 Å². The topological polar surface area (TPSA) is 108 Å². The van der Waals surface area contributed by atoms with Gasteiger partial charge in [0.15, 0.2) is 5.84 Å². The number of hydrogen-bond donors (Lipinski definition) is 3. The van der Waals surface area contributed by atoms with Crippen LogP contribution in [0.4, 0.5) is 0 Å². The average molecular weight is 349 g/mol. The molecule has 0 bridgehead atoms. The van der Waals surface area contributed by atoms with Gasteiger partial charge in [-0.25, -0.2) is 0 Å². The van der Waals surface area contributed by atoms with Gasteiger partial charge in [-0.2, -0.15) is 5.10 Å². The van der Waals surface area contributed by atoms with Gasteiger partial charge in [-0.05, 0) is 11.1 Å². The van der Waals surface area contributed by atoms with E-state index in [1.807, 2.05) is 42.5 Å². The number of carbonyl (C=O) groups excluding carboxylic acids is 1. The summed E-state index contributed by atoms with van der Waals surface area (Å²) >= 11 is 0. The molecule has 0 atom stereocenters. The Morgan fingerprint density at radius 2 is 1.69 bits per heavy atom. The second-order valence-electron chi connectivity index (χ2n) is 5.82. The minimum atomic E-state index is -0.108. The summed E-state index contributed by atoms with van der Waals surface area (Å²) in [5.41, 5.74) is 8.69. The molecule has 7 heteroatoms. The lowest BCUT2D eigenvalue weighted by Gasteiger charge is -2.22. The maximum absolute atomic E-state index is 12.8. The van der Waals surface area contributed by atoms with E-state index in [0.717, 1.165) is 11.1 Å². The highest BCUT2D eigenvalue weighted by Gasteiger charge is 2.17. The number of aromatic amines is 1. The van der Waals surface area contributed by atoms with E-state index < -0.39 is 0 Å². The second kappa shape index (κ2) is 7.98. The van der Waals surface area contributed by atoms with Gasteiger partial charge in [-0.1, -0.05) is 59.8 Å². The first-order valence-corrected chi connectivity index (χ1v) is 8.06. The van der Waals surface area contributed by atoms with E-state index in [1.165, 1.54) is 6.20 Å². The van der Waals surface area contributed by atoms with Crippen LogP contribution in [0.25, 0.3) is 0 Å². The summed E-state index contributed by atoms with van der Waals surface area (Å²) in [5, 5.41) is 18.3. The van der Waals surface area contributed by atoms with Crippen molar-refractivity contribution in [3.05, 3.63) is 89.2 Å².